The Labute approximate surface area is 102 Å². The zero-order valence-electron chi connectivity index (χ0n) is 8.80. The molecule has 0 aliphatic rings. The maximum absolute atomic E-state index is 13.9. The van der Waals surface area contributed by atoms with E-state index in [0.717, 1.165) is 11.1 Å². The molecular formula is C13H11BrFN. The van der Waals surface area contributed by atoms with Gasteiger partial charge in [-0.15, -0.1) is 0 Å². The van der Waals surface area contributed by atoms with Crippen LogP contribution < -0.4 is 5.73 Å². The Balaban J connectivity index is 2.67. The Morgan fingerprint density at radius 1 is 1.12 bits per heavy atom. The van der Waals surface area contributed by atoms with Crippen LogP contribution in [0.1, 0.15) is 5.56 Å². The number of nitrogen functional groups attached to an aromatic ring is 1. The fourth-order valence-corrected chi connectivity index (χ4v) is 2.01. The molecule has 0 aliphatic carbocycles. The van der Waals surface area contributed by atoms with Gasteiger partial charge in [0.2, 0.25) is 0 Å². The highest BCUT2D eigenvalue weighted by Gasteiger charge is 2.10. The van der Waals surface area contributed by atoms with E-state index in [4.69, 9.17) is 5.73 Å². The van der Waals surface area contributed by atoms with Gasteiger partial charge < -0.3 is 5.73 Å². The van der Waals surface area contributed by atoms with Crippen molar-refractivity contribution in [1.82, 2.24) is 0 Å². The van der Waals surface area contributed by atoms with Gasteiger partial charge in [-0.1, -0.05) is 18.2 Å². The average Bonchev–Trinajstić information content (AvgIpc) is 2.26. The quantitative estimate of drug-likeness (QED) is 0.780. The lowest BCUT2D eigenvalue weighted by molar-refractivity contribution is 0.624. The minimum atomic E-state index is -0.254. The third kappa shape index (κ3) is 1.95. The standard InChI is InChI=1S/C13H11BrFN/c1-8-5-6-9(16)7-11(8)10-3-2-4-12(14)13(10)15/h2-7H,16H2,1H3. The van der Waals surface area contributed by atoms with Gasteiger partial charge in [0.15, 0.2) is 0 Å². The smallest absolute Gasteiger partial charge is 0.145 e. The molecule has 0 atom stereocenters. The van der Waals surface area contributed by atoms with Crippen molar-refractivity contribution in [2.24, 2.45) is 0 Å². The summed E-state index contributed by atoms with van der Waals surface area (Å²) >= 11 is 3.18. The summed E-state index contributed by atoms with van der Waals surface area (Å²) in [6.45, 7) is 1.94. The molecule has 0 heterocycles. The zero-order valence-corrected chi connectivity index (χ0v) is 10.4. The summed E-state index contributed by atoms with van der Waals surface area (Å²) in [5.74, 6) is -0.254. The van der Waals surface area contributed by atoms with Gasteiger partial charge in [-0.05, 0) is 52.2 Å². The Kier molecular flexibility index (Phi) is 2.97. The molecule has 0 aliphatic heterocycles. The fourth-order valence-electron chi connectivity index (χ4n) is 1.64. The van der Waals surface area contributed by atoms with Crippen molar-refractivity contribution in [3.8, 4) is 11.1 Å². The van der Waals surface area contributed by atoms with Crippen LogP contribution in [-0.4, -0.2) is 0 Å². The van der Waals surface area contributed by atoms with Gasteiger partial charge in [-0.2, -0.15) is 0 Å². The Hall–Kier alpha value is -1.35. The average molecular weight is 280 g/mol. The topological polar surface area (TPSA) is 26.0 Å². The summed E-state index contributed by atoms with van der Waals surface area (Å²) in [4.78, 5) is 0. The van der Waals surface area contributed by atoms with Crippen LogP contribution in [0.2, 0.25) is 0 Å². The second kappa shape index (κ2) is 4.26. The van der Waals surface area contributed by atoms with Crippen LogP contribution in [0.15, 0.2) is 40.9 Å². The highest BCUT2D eigenvalue weighted by Crippen LogP contribution is 2.31. The molecule has 0 fully saturated rings. The van der Waals surface area contributed by atoms with E-state index in [2.05, 4.69) is 15.9 Å². The second-order valence-electron chi connectivity index (χ2n) is 3.68. The van der Waals surface area contributed by atoms with E-state index < -0.39 is 0 Å². The molecule has 0 amide bonds. The first-order valence-electron chi connectivity index (χ1n) is 4.90. The van der Waals surface area contributed by atoms with E-state index in [1.807, 2.05) is 25.1 Å². The fraction of sp³-hybridized carbons (Fsp3) is 0.0769. The summed E-state index contributed by atoms with van der Waals surface area (Å²) in [6.07, 6.45) is 0. The first kappa shape index (κ1) is 11.1. The van der Waals surface area contributed by atoms with Crippen molar-refractivity contribution in [2.45, 2.75) is 6.92 Å². The molecule has 0 unspecified atom stereocenters. The summed E-state index contributed by atoms with van der Waals surface area (Å²) in [7, 11) is 0. The lowest BCUT2D eigenvalue weighted by Gasteiger charge is -2.09. The van der Waals surface area contributed by atoms with Gasteiger partial charge in [-0.25, -0.2) is 4.39 Å². The van der Waals surface area contributed by atoms with Gasteiger partial charge in [0.25, 0.3) is 0 Å². The van der Waals surface area contributed by atoms with Crippen LogP contribution in [0.5, 0.6) is 0 Å². The molecule has 16 heavy (non-hydrogen) atoms. The monoisotopic (exact) mass is 279 g/mol. The van der Waals surface area contributed by atoms with Gasteiger partial charge >= 0.3 is 0 Å². The summed E-state index contributed by atoms with van der Waals surface area (Å²) < 4.78 is 14.4. The van der Waals surface area contributed by atoms with E-state index in [1.54, 1.807) is 18.2 Å². The summed E-state index contributed by atoms with van der Waals surface area (Å²) in [6, 6.07) is 10.7. The van der Waals surface area contributed by atoms with Crippen molar-refractivity contribution in [3.63, 3.8) is 0 Å². The van der Waals surface area contributed by atoms with Crippen LogP contribution >= 0.6 is 15.9 Å². The molecule has 3 heteroatoms. The van der Waals surface area contributed by atoms with E-state index in [0.29, 0.717) is 15.7 Å². The third-order valence-electron chi connectivity index (χ3n) is 2.50. The van der Waals surface area contributed by atoms with Crippen LogP contribution in [-0.2, 0) is 0 Å². The molecule has 82 valence electrons. The number of anilines is 1. The third-order valence-corrected chi connectivity index (χ3v) is 3.12. The van der Waals surface area contributed by atoms with Crippen LogP contribution in [0.4, 0.5) is 10.1 Å². The highest BCUT2D eigenvalue weighted by molar-refractivity contribution is 9.10. The molecule has 0 radical (unpaired) electrons. The number of nitrogens with two attached hydrogens (primary N) is 1. The highest BCUT2D eigenvalue weighted by atomic mass is 79.9. The predicted octanol–water partition coefficient (Wildman–Crippen LogP) is 4.15. The number of hydrogen-bond donors (Lipinski definition) is 1. The summed E-state index contributed by atoms with van der Waals surface area (Å²) in [5.41, 5.74) is 8.76. The number of halogens is 2. The Morgan fingerprint density at radius 2 is 1.88 bits per heavy atom. The normalized spacial score (nSPS) is 10.4. The molecule has 0 aromatic heterocycles. The van der Waals surface area contributed by atoms with E-state index in [-0.39, 0.29) is 5.82 Å². The first-order chi connectivity index (χ1) is 7.59. The van der Waals surface area contributed by atoms with Gasteiger partial charge in [0.05, 0.1) is 4.47 Å². The molecule has 2 N–H and O–H groups in total. The van der Waals surface area contributed by atoms with Gasteiger partial charge in [-0.3, -0.25) is 0 Å². The van der Waals surface area contributed by atoms with E-state index in [9.17, 15) is 4.39 Å². The van der Waals surface area contributed by atoms with Gasteiger partial charge in [0.1, 0.15) is 5.82 Å². The van der Waals surface area contributed by atoms with Crippen molar-refractivity contribution >= 4 is 21.6 Å². The van der Waals surface area contributed by atoms with Crippen molar-refractivity contribution < 1.29 is 4.39 Å². The van der Waals surface area contributed by atoms with E-state index >= 15 is 0 Å². The lowest BCUT2D eigenvalue weighted by Crippen LogP contribution is -1.91. The molecular weight excluding hydrogens is 269 g/mol. The minimum Gasteiger partial charge on any atom is -0.399 e. The lowest BCUT2D eigenvalue weighted by atomic mass is 9.99. The SMILES string of the molecule is Cc1ccc(N)cc1-c1cccc(Br)c1F. The zero-order chi connectivity index (χ0) is 11.7. The molecule has 1 nitrogen and oxygen atoms in total. The van der Waals surface area contributed by atoms with Crippen LogP contribution in [0, 0.1) is 12.7 Å². The predicted molar refractivity (Wildman–Crippen MR) is 68.7 cm³/mol. The molecule has 2 aromatic carbocycles. The molecule has 0 saturated carbocycles. The molecule has 2 aromatic rings. The number of aryl methyl sites for hydroxylation is 1. The Morgan fingerprint density at radius 3 is 2.62 bits per heavy atom. The van der Waals surface area contributed by atoms with Crippen LogP contribution in [0.25, 0.3) is 11.1 Å². The molecule has 0 bridgehead atoms. The number of benzene rings is 2. The largest absolute Gasteiger partial charge is 0.399 e. The molecule has 0 spiro atoms. The number of hydrogen-bond acceptors (Lipinski definition) is 1. The maximum atomic E-state index is 13.9. The first-order valence-corrected chi connectivity index (χ1v) is 5.69. The summed E-state index contributed by atoms with van der Waals surface area (Å²) in [5, 5.41) is 0. The van der Waals surface area contributed by atoms with Crippen molar-refractivity contribution in [2.75, 3.05) is 5.73 Å². The second-order valence-corrected chi connectivity index (χ2v) is 4.53. The van der Waals surface area contributed by atoms with Gasteiger partial charge in [0, 0.05) is 11.3 Å². The Bertz CT molecular complexity index is 537. The maximum Gasteiger partial charge on any atom is 0.145 e. The molecule has 2 rings (SSSR count). The minimum absolute atomic E-state index is 0.254. The number of rotatable bonds is 1. The van der Waals surface area contributed by atoms with Crippen LogP contribution in [0.3, 0.4) is 0 Å². The molecule has 0 saturated heterocycles. The van der Waals surface area contributed by atoms with Crippen molar-refractivity contribution in [3.05, 3.63) is 52.3 Å². The van der Waals surface area contributed by atoms with E-state index in [1.165, 1.54) is 0 Å². The van der Waals surface area contributed by atoms with Crippen molar-refractivity contribution in [1.29, 1.82) is 0 Å².